The number of unbranched alkanes of at least 4 members (excludes halogenated alkanes) is 5. The number of nitrogens with two attached hydrogens (primary N) is 1. The molecule has 106 valence electrons. The van der Waals surface area contributed by atoms with Gasteiger partial charge in [0.25, 0.3) is 0 Å². The molecule has 1 aromatic rings. The third-order valence-corrected chi connectivity index (χ3v) is 5.68. The Labute approximate surface area is 119 Å². The van der Waals surface area contributed by atoms with Gasteiger partial charge in [0.15, 0.2) is 0 Å². The Balaban J connectivity index is 1.79. The van der Waals surface area contributed by atoms with E-state index in [2.05, 4.69) is 35.1 Å². The first kappa shape index (κ1) is 14.8. The molecule has 1 unspecified atom stereocenters. The normalized spacial score (nSPS) is 17.8. The predicted octanol–water partition coefficient (Wildman–Crippen LogP) is 2.80. The Morgan fingerprint density at radius 2 is 1.74 bits per heavy atom. The average Bonchev–Trinajstić information content (AvgIpc) is 2.46. The van der Waals surface area contributed by atoms with Crippen LogP contribution in [0.1, 0.15) is 38.5 Å². The molecule has 2 nitrogen and oxygen atoms in total. The third kappa shape index (κ3) is 4.75. The third-order valence-electron chi connectivity index (χ3n) is 3.57. The van der Waals surface area contributed by atoms with Gasteiger partial charge in [0, 0.05) is 16.8 Å². The molecule has 0 aliphatic carbocycles. The van der Waals surface area contributed by atoms with E-state index >= 15 is 0 Å². The van der Waals surface area contributed by atoms with Crippen molar-refractivity contribution >= 4 is 16.7 Å². The molecule has 0 spiro atoms. The van der Waals surface area contributed by atoms with Crippen LogP contribution in [0.25, 0.3) is 6.08 Å². The maximum atomic E-state index is 5.50. The Hall–Kier alpha value is -0.640. The minimum absolute atomic E-state index is 0.270. The number of fused-ring (bicyclic) bond motifs is 1. The summed E-state index contributed by atoms with van der Waals surface area (Å²) in [6, 6.07) is 8.82. The van der Waals surface area contributed by atoms with Crippen LogP contribution in [0.5, 0.6) is 0 Å². The first-order valence-corrected chi connectivity index (χ1v) is 8.88. The van der Waals surface area contributed by atoms with Crippen LogP contribution in [0.3, 0.4) is 0 Å². The first-order valence-electron chi connectivity index (χ1n) is 7.48. The summed E-state index contributed by atoms with van der Waals surface area (Å²) in [6.07, 6.45) is 10.2. The van der Waals surface area contributed by atoms with Gasteiger partial charge in [-0.2, -0.15) is 0 Å². The molecule has 0 radical (unpaired) electrons. The highest BCUT2D eigenvalue weighted by Gasteiger charge is 2.01. The summed E-state index contributed by atoms with van der Waals surface area (Å²) in [7, 11) is 0.270. The molecule has 2 rings (SSSR count). The molecule has 1 aliphatic rings. The second-order valence-electron chi connectivity index (χ2n) is 5.10. The molecule has 1 heterocycles. The van der Waals surface area contributed by atoms with Crippen LogP contribution in [0.15, 0.2) is 24.3 Å². The van der Waals surface area contributed by atoms with Crippen molar-refractivity contribution in [1.29, 1.82) is 0 Å². The smallest absolute Gasteiger partial charge is 0.0244 e. The zero-order valence-corrected chi connectivity index (χ0v) is 12.6. The van der Waals surface area contributed by atoms with Crippen molar-refractivity contribution in [3.63, 3.8) is 0 Å². The molecule has 0 bridgehead atoms. The molecule has 1 atom stereocenters. The van der Waals surface area contributed by atoms with E-state index < -0.39 is 0 Å². The lowest BCUT2D eigenvalue weighted by molar-refractivity contribution is 0.613. The summed E-state index contributed by atoms with van der Waals surface area (Å²) in [5.74, 6) is 1.29. The van der Waals surface area contributed by atoms with Crippen molar-refractivity contribution in [2.45, 2.75) is 38.5 Å². The molecule has 1 aliphatic heterocycles. The van der Waals surface area contributed by atoms with E-state index in [1.807, 2.05) is 0 Å². The van der Waals surface area contributed by atoms with Crippen LogP contribution >= 0.6 is 10.7 Å². The van der Waals surface area contributed by atoms with E-state index in [0.29, 0.717) is 0 Å². The Kier molecular flexibility index (Phi) is 6.62. The van der Waals surface area contributed by atoms with Gasteiger partial charge in [0.2, 0.25) is 0 Å². The van der Waals surface area contributed by atoms with Crippen molar-refractivity contribution in [1.82, 2.24) is 4.72 Å². The van der Waals surface area contributed by atoms with Crippen LogP contribution in [-0.2, 0) is 0 Å². The molecule has 0 fully saturated rings. The number of rotatable bonds is 8. The number of nitrogens with one attached hydrogen (secondary N) is 1. The Bertz CT molecular complexity index is 496. The van der Waals surface area contributed by atoms with Crippen molar-refractivity contribution in [3.8, 4) is 0 Å². The summed E-state index contributed by atoms with van der Waals surface area (Å²) < 4.78 is 5.15. The molecule has 0 aromatic heterocycles. The highest BCUT2D eigenvalue weighted by Crippen LogP contribution is 2.17. The summed E-state index contributed by atoms with van der Waals surface area (Å²) in [5.41, 5.74) is 5.50. The van der Waals surface area contributed by atoms with Crippen molar-refractivity contribution in [2.75, 3.05) is 18.8 Å². The van der Waals surface area contributed by atoms with E-state index in [1.54, 1.807) is 0 Å². The van der Waals surface area contributed by atoms with E-state index in [0.717, 1.165) is 13.1 Å². The molecule has 1 aromatic carbocycles. The lowest BCUT2D eigenvalue weighted by Crippen LogP contribution is -2.19. The maximum absolute atomic E-state index is 5.50. The highest BCUT2D eigenvalue weighted by molar-refractivity contribution is 8.07. The van der Waals surface area contributed by atoms with Crippen molar-refractivity contribution < 1.29 is 0 Å². The molecule has 0 amide bonds. The fourth-order valence-electron chi connectivity index (χ4n) is 2.48. The molecular weight excluding hydrogens is 252 g/mol. The van der Waals surface area contributed by atoms with E-state index in [-0.39, 0.29) is 10.7 Å². The van der Waals surface area contributed by atoms with Crippen LogP contribution in [0, 0.1) is 4.51 Å². The number of hydrogen-bond acceptors (Lipinski definition) is 2. The minimum Gasteiger partial charge on any atom is -0.330 e. The Morgan fingerprint density at radius 1 is 1.00 bits per heavy atom. The minimum atomic E-state index is 0.270. The predicted molar refractivity (Wildman–Crippen MR) is 86.6 cm³/mol. The van der Waals surface area contributed by atoms with E-state index in [4.69, 9.17) is 5.73 Å². The van der Waals surface area contributed by atoms with Crippen LogP contribution in [0.2, 0.25) is 0 Å². The summed E-state index contributed by atoms with van der Waals surface area (Å²) in [5, 5.41) is 1.44. The van der Waals surface area contributed by atoms with Gasteiger partial charge in [-0.1, -0.05) is 50.0 Å². The molecule has 3 heteroatoms. The topological polar surface area (TPSA) is 38.0 Å². The van der Waals surface area contributed by atoms with E-state index in [9.17, 15) is 0 Å². The van der Waals surface area contributed by atoms with Crippen molar-refractivity contribution in [3.05, 3.63) is 34.0 Å². The van der Waals surface area contributed by atoms with E-state index in [1.165, 1.54) is 54.0 Å². The Morgan fingerprint density at radius 3 is 2.58 bits per heavy atom. The zero-order chi connectivity index (χ0) is 13.3. The van der Waals surface area contributed by atoms with Crippen LogP contribution in [-0.4, -0.2) is 18.8 Å². The lowest BCUT2D eigenvalue weighted by atomic mass is 10.1. The fraction of sp³-hybridized carbons (Fsp3) is 0.562. The second kappa shape index (κ2) is 8.51. The van der Waals surface area contributed by atoms with Crippen LogP contribution in [0.4, 0.5) is 0 Å². The van der Waals surface area contributed by atoms with Gasteiger partial charge >= 0.3 is 0 Å². The average molecular weight is 278 g/mol. The van der Waals surface area contributed by atoms with Gasteiger partial charge < -0.3 is 5.73 Å². The largest absolute Gasteiger partial charge is 0.330 e. The molecule has 3 N–H and O–H groups in total. The van der Waals surface area contributed by atoms with Gasteiger partial charge in [-0.3, -0.25) is 4.72 Å². The quantitative estimate of drug-likeness (QED) is 0.567. The molecular formula is C16H26N2S. The molecule has 19 heavy (non-hydrogen) atoms. The number of hydrogen-bond donors (Lipinski definition) is 2. The summed E-state index contributed by atoms with van der Waals surface area (Å²) >= 11 is 0. The molecule has 0 saturated carbocycles. The SMILES string of the molecule is NCCCCCCCCS1=c2ccccc2=CCN1. The van der Waals surface area contributed by atoms with Gasteiger partial charge in [-0.05, 0) is 30.7 Å². The lowest BCUT2D eigenvalue weighted by Gasteiger charge is -2.14. The number of benzene rings is 1. The fourth-order valence-corrected chi connectivity index (χ4v) is 4.46. The van der Waals surface area contributed by atoms with Crippen molar-refractivity contribution in [2.24, 2.45) is 5.73 Å². The van der Waals surface area contributed by atoms with Gasteiger partial charge in [0.1, 0.15) is 0 Å². The highest BCUT2D eigenvalue weighted by atomic mass is 32.2. The van der Waals surface area contributed by atoms with Gasteiger partial charge in [-0.15, -0.1) is 10.7 Å². The second-order valence-corrected chi connectivity index (χ2v) is 7.01. The zero-order valence-electron chi connectivity index (χ0n) is 11.7. The van der Waals surface area contributed by atoms with Crippen LogP contribution < -0.4 is 15.7 Å². The monoisotopic (exact) mass is 278 g/mol. The standard InChI is InChI=1S/C16H26N2S/c17-12-7-3-1-2-4-8-14-19-16-10-6-5-9-15(16)11-13-18-19/h5-6,9-11,18H,1-4,7-8,12-14,17H2. The van der Waals surface area contributed by atoms with Gasteiger partial charge in [0.05, 0.1) is 0 Å². The molecule has 0 saturated heterocycles. The summed E-state index contributed by atoms with van der Waals surface area (Å²) in [6.45, 7) is 1.87. The first-order chi connectivity index (χ1) is 9.42. The summed E-state index contributed by atoms with van der Waals surface area (Å²) in [4.78, 5) is 0. The maximum Gasteiger partial charge on any atom is 0.0244 e. The van der Waals surface area contributed by atoms with Gasteiger partial charge in [-0.25, -0.2) is 0 Å².